The van der Waals surface area contributed by atoms with Gasteiger partial charge in [-0.25, -0.2) is 0 Å². The maximum absolute atomic E-state index is 10.7. The molecule has 20 nitrogen and oxygen atoms in total. The molecule has 0 radical (unpaired) electrons. The number of pyridine rings is 3. The van der Waals surface area contributed by atoms with E-state index in [0.29, 0.717) is 0 Å². The van der Waals surface area contributed by atoms with Gasteiger partial charge in [0, 0.05) is 38.9 Å². The summed E-state index contributed by atoms with van der Waals surface area (Å²) in [6, 6.07) is 1.94. The van der Waals surface area contributed by atoms with E-state index in [1.54, 1.807) is 26.5 Å². The number of nitrogens with zero attached hydrogens (tertiary/aromatic N) is 9. The van der Waals surface area contributed by atoms with Gasteiger partial charge in [-0.1, -0.05) is 14.9 Å². The monoisotopic (exact) mass is 659 g/mol. The number of anilines is 1. The summed E-state index contributed by atoms with van der Waals surface area (Å²) >= 11 is 0. The van der Waals surface area contributed by atoms with Crippen molar-refractivity contribution in [2.45, 2.75) is 34.6 Å². The van der Waals surface area contributed by atoms with Gasteiger partial charge in [-0.2, -0.15) is 5.10 Å². The van der Waals surface area contributed by atoms with Crippen LogP contribution in [0.15, 0.2) is 54.5 Å². The molecule has 5 rings (SSSR count). The Morgan fingerprint density at radius 2 is 1.26 bits per heavy atom. The Morgan fingerprint density at radius 3 is 1.64 bits per heavy atom. The number of hydrazone groups is 1. The first-order chi connectivity index (χ1) is 21.3. The molecule has 0 saturated carbocycles. The van der Waals surface area contributed by atoms with Crippen molar-refractivity contribution in [1.82, 2.24) is 24.9 Å². The molecule has 20 heteroatoms. The molecule has 254 valence electrons. The van der Waals surface area contributed by atoms with Crippen LogP contribution in [0.1, 0.15) is 38.8 Å². The minimum atomic E-state index is -0.739. The highest BCUT2D eigenvalue weighted by Crippen LogP contribution is 2.25. The summed E-state index contributed by atoms with van der Waals surface area (Å²) in [5, 5.41) is 48.3. The molecule has 0 unspecified atom stereocenters. The predicted octanol–water partition coefficient (Wildman–Crippen LogP) is 5.21. The van der Waals surface area contributed by atoms with E-state index in [1.807, 2.05) is 12.3 Å². The largest absolute Gasteiger partial charge is 0.397 e. The Bertz CT molecular complexity index is 1600. The van der Waals surface area contributed by atoms with Gasteiger partial charge in [-0.15, -0.1) is 0 Å². The molecular formula is C27H37N11O9. The van der Waals surface area contributed by atoms with Crippen LogP contribution in [-0.2, 0) is 4.74 Å². The average molecular weight is 660 g/mol. The van der Waals surface area contributed by atoms with Gasteiger partial charge in [0.05, 0.1) is 49.5 Å². The molecule has 3 N–H and O–H groups in total. The number of H-pyrrole nitrogens is 1. The van der Waals surface area contributed by atoms with E-state index in [9.17, 15) is 40.5 Å². The third kappa shape index (κ3) is 12.4. The Hall–Kier alpha value is -6.18. The second-order valence-electron chi connectivity index (χ2n) is 9.00. The highest BCUT2D eigenvalue weighted by Gasteiger charge is 2.24. The van der Waals surface area contributed by atoms with Crippen molar-refractivity contribution in [3.8, 4) is 0 Å². The average Bonchev–Trinajstić information content (AvgIpc) is 3.73. The lowest BCUT2D eigenvalue weighted by Gasteiger charge is -2.03. The molecule has 1 fully saturated rings. The van der Waals surface area contributed by atoms with Gasteiger partial charge in [0.1, 0.15) is 30.4 Å². The number of hydrogen-bond donors (Lipinski definition) is 2. The number of ether oxygens (including phenoxy) is 1. The highest BCUT2D eigenvalue weighted by atomic mass is 16.6. The van der Waals surface area contributed by atoms with Crippen LogP contribution in [0.2, 0.25) is 0 Å². The molecule has 5 heterocycles. The molecule has 0 amide bonds. The van der Waals surface area contributed by atoms with Gasteiger partial charge in [-0.05, 0) is 25.8 Å². The minimum Gasteiger partial charge on any atom is -0.397 e. The van der Waals surface area contributed by atoms with Crippen molar-refractivity contribution in [3.63, 3.8) is 0 Å². The van der Waals surface area contributed by atoms with Crippen LogP contribution >= 0.6 is 0 Å². The van der Waals surface area contributed by atoms with E-state index in [1.165, 1.54) is 24.8 Å². The molecule has 0 bridgehead atoms. The zero-order chi connectivity index (χ0) is 33.5. The SMILES string of the molecule is C.C.C1CCOC1.CN(C)/N=C/c1c([N+](=O)[O-])cncc1[N+](=O)[O-].Cc1c([N+](=O)[O-])cncc1[N+](=O)[O-].Nc1cncc2[nH]ccc12. The number of hydrogen-bond acceptors (Lipinski definition) is 15. The molecule has 1 aliphatic heterocycles. The summed E-state index contributed by atoms with van der Waals surface area (Å²) in [6.07, 6.45) is 12.8. The molecule has 1 saturated heterocycles. The first-order valence-corrected chi connectivity index (χ1v) is 12.8. The molecule has 0 aromatic carbocycles. The van der Waals surface area contributed by atoms with Gasteiger partial charge in [-0.3, -0.25) is 55.4 Å². The van der Waals surface area contributed by atoms with Gasteiger partial charge in [0.2, 0.25) is 0 Å². The Kier molecular flexibility index (Phi) is 17.3. The van der Waals surface area contributed by atoms with Gasteiger partial charge in [0.25, 0.3) is 11.4 Å². The third-order valence-electron chi connectivity index (χ3n) is 5.65. The van der Waals surface area contributed by atoms with Crippen molar-refractivity contribution in [2.75, 3.05) is 33.0 Å². The first kappa shape index (κ1) is 40.8. The lowest BCUT2D eigenvalue weighted by atomic mass is 10.2. The number of nitrogen functional groups attached to an aromatic ring is 1. The lowest BCUT2D eigenvalue weighted by molar-refractivity contribution is -0.395. The molecule has 47 heavy (non-hydrogen) atoms. The Balaban J connectivity index is 0.000000628. The maximum Gasteiger partial charge on any atom is 0.303 e. The van der Waals surface area contributed by atoms with Crippen LogP contribution in [0.25, 0.3) is 10.9 Å². The van der Waals surface area contributed by atoms with Crippen LogP contribution in [0.4, 0.5) is 28.4 Å². The van der Waals surface area contributed by atoms with E-state index in [-0.39, 0.29) is 37.4 Å². The highest BCUT2D eigenvalue weighted by molar-refractivity contribution is 5.90. The van der Waals surface area contributed by atoms with E-state index >= 15 is 0 Å². The smallest absolute Gasteiger partial charge is 0.303 e. The van der Waals surface area contributed by atoms with Crippen LogP contribution in [0, 0.1) is 47.4 Å². The third-order valence-corrected chi connectivity index (χ3v) is 5.65. The molecule has 4 aromatic heterocycles. The summed E-state index contributed by atoms with van der Waals surface area (Å²) in [6.45, 7) is 3.32. The quantitative estimate of drug-likeness (QED) is 0.153. The molecule has 0 atom stereocenters. The van der Waals surface area contributed by atoms with Crippen molar-refractivity contribution >= 4 is 45.6 Å². The summed E-state index contributed by atoms with van der Waals surface area (Å²) < 4.78 is 4.94. The van der Waals surface area contributed by atoms with Gasteiger partial charge >= 0.3 is 11.4 Å². The zero-order valence-corrected chi connectivity index (χ0v) is 24.3. The number of nitro groups is 4. The summed E-state index contributed by atoms with van der Waals surface area (Å²) in [4.78, 5) is 53.0. The summed E-state index contributed by atoms with van der Waals surface area (Å²) in [5.74, 6) is 0. The number of nitrogens with two attached hydrogens (primary N) is 1. The minimum absolute atomic E-state index is 0. The van der Waals surface area contributed by atoms with E-state index < -0.39 is 31.1 Å². The van der Waals surface area contributed by atoms with E-state index in [2.05, 4.69) is 25.0 Å². The number of aromatic amines is 1. The van der Waals surface area contributed by atoms with E-state index in [4.69, 9.17) is 10.5 Å². The van der Waals surface area contributed by atoms with Gasteiger partial charge < -0.3 is 20.5 Å². The van der Waals surface area contributed by atoms with Crippen molar-refractivity contribution in [2.24, 2.45) is 5.10 Å². The van der Waals surface area contributed by atoms with Crippen LogP contribution in [-0.4, -0.2) is 78.2 Å². The second-order valence-corrected chi connectivity index (χ2v) is 9.00. The van der Waals surface area contributed by atoms with Crippen molar-refractivity contribution < 1.29 is 24.4 Å². The molecule has 4 aromatic rings. The zero-order valence-electron chi connectivity index (χ0n) is 24.3. The van der Waals surface area contributed by atoms with Crippen LogP contribution in [0.3, 0.4) is 0 Å². The van der Waals surface area contributed by atoms with Gasteiger partial charge in [0.15, 0.2) is 5.56 Å². The lowest BCUT2D eigenvalue weighted by Crippen LogP contribution is -2.05. The van der Waals surface area contributed by atoms with Crippen LogP contribution in [0.5, 0.6) is 0 Å². The molecular weight excluding hydrogens is 622 g/mol. The maximum atomic E-state index is 10.7. The standard InChI is InChI=1S/C8H9N5O4.C7H7N3.C6H5N3O4.C4H8O.2CH4/c1-11(2)10-3-6-7(12(14)15)4-9-5-8(6)13(16)17;8-6-3-9-4-7-5(6)1-2-10-7;1-4-5(8(10)11)2-7-3-6(4)9(12)13;1-2-4-5-3-1;;/h3-5H,1-2H3;1-4,10H,8H2;2-3H,1H3;1-4H2;2*1H4/b10-3+;;;;;. The topological polar surface area (TPSA) is 278 Å². The van der Waals surface area contributed by atoms with Crippen molar-refractivity contribution in [3.05, 3.63) is 101 Å². The van der Waals surface area contributed by atoms with Crippen LogP contribution < -0.4 is 5.73 Å². The fourth-order valence-electron chi connectivity index (χ4n) is 3.43. The van der Waals surface area contributed by atoms with E-state index in [0.717, 1.165) is 60.8 Å². The molecule has 0 aliphatic carbocycles. The number of aromatic nitrogens is 4. The first-order valence-electron chi connectivity index (χ1n) is 12.8. The number of nitrogens with one attached hydrogen (secondary N) is 1. The number of rotatable bonds is 6. The van der Waals surface area contributed by atoms with Crippen molar-refractivity contribution in [1.29, 1.82) is 0 Å². The molecule has 1 aliphatic rings. The fraction of sp³-hybridized carbons (Fsp3) is 0.333. The second kappa shape index (κ2) is 20.0. The fourth-order valence-corrected chi connectivity index (χ4v) is 3.43. The Labute approximate surface area is 268 Å². The normalized spacial score (nSPS) is 11.2. The number of fused-ring (bicyclic) bond motifs is 1. The summed E-state index contributed by atoms with van der Waals surface area (Å²) in [7, 11) is 3.19. The summed E-state index contributed by atoms with van der Waals surface area (Å²) in [5.41, 5.74) is 5.58. The predicted molar refractivity (Wildman–Crippen MR) is 175 cm³/mol. The Morgan fingerprint density at radius 1 is 0.809 bits per heavy atom. The molecule has 0 spiro atoms.